The highest BCUT2D eigenvalue weighted by atomic mass is 32.1. The van der Waals surface area contributed by atoms with Gasteiger partial charge in [-0.3, -0.25) is 4.68 Å². The van der Waals surface area contributed by atoms with Crippen LogP contribution in [-0.2, 0) is 13.0 Å². The fourth-order valence-corrected chi connectivity index (χ4v) is 2.31. The molecule has 1 N–H and O–H groups in total. The van der Waals surface area contributed by atoms with Crippen LogP contribution in [0.25, 0.3) is 0 Å². The molecule has 0 saturated heterocycles. The third kappa shape index (κ3) is 2.27. The normalized spacial score (nSPS) is 12.9. The molecule has 0 aromatic carbocycles. The largest absolute Gasteiger partial charge is 0.386 e. The lowest BCUT2D eigenvalue weighted by Crippen LogP contribution is -2.09. The van der Waals surface area contributed by atoms with Gasteiger partial charge in [0.2, 0.25) is 0 Å². The van der Waals surface area contributed by atoms with Crippen molar-refractivity contribution >= 4 is 11.3 Å². The maximum Gasteiger partial charge on any atom is 0.0997 e. The molecule has 2 aromatic rings. The summed E-state index contributed by atoms with van der Waals surface area (Å²) in [4.78, 5) is 0. The van der Waals surface area contributed by atoms with E-state index in [1.54, 1.807) is 17.5 Å². The first-order chi connectivity index (χ1) is 7.31. The van der Waals surface area contributed by atoms with Crippen molar-refractivity contribution in [3.63, 3.8) is 0 Å². The second-order valence-corrected chi connectivity index (χ2v) is 4.20. The molecule has 0 amide bonds. The second-order valence-electron chi connectivity index (χ2n) is 3.42. The fourth-order valence-electron chi connectivity index (χ4n) is 1.63. The predicted molar refractivity (Wildman–Crippen MR) is 60.9 cm³/mol. The lowest BCUT2D eigenvalue weighted by molar-refractivity contribution is 0.167. The molecule has 3 nitrogen and oxygen atoms in total. The van der Waals surface area contributed by atoms with Crippen LogP contribution in [0.1, 0.15) is 24.3 Å². The fraction of sp³-hybridized carbons (Fsp3) is 0.364. The highest BCUT2D eigenvalue weighted by Crippen LogP contribution is 2.19. The van der Waals surface area contributed by atoms with E-state index in [4.69, 9.17) is 0 Å². The number of aliphatic hydroxyl groups excluding tert-OH is 1. The Bertz CT molecular complexity index is 408. The van der Waals surface area contributed by atoms with Crippen LogP contribution in [0.15, 0.2) is 29.1 Å². The van der Waals surface area contributed by atoms with Gasteiger partial charge in [0.25, 0.3) is 0 Å². The van der Waals surface area contributed by atoms with Crippen molar-refractivity contribution < 1.29 is 5.11 Å². The van der Waals surface area contributed by atoms with E-state index >= 15 is 0 Å². The van der Waals surface area contributed by atoms with E-state index in [0.717, 1.165) is 12.2 Å². The number of hydrogen-bond donors (Lipinski definition) is 1. The van der Waals surface area contributed by atoms with Gasteiger partial charge in [-0.25, -0.2) is 0 Å². The smallest absolute Gasteiger partial charge is 0.0997 e. The van der Waals surface area contributed by atoms with Gasteiger partial charge in [0.15, 0.2) is 0 Å². The number of aromatic nitrogens is 2. The van der Waals surface area contributed by atoms with Crippen LogP contribution in [0.2, 0.25) is 0 Å². The molecule has 2 aromatic heterocycles. The molecule has 80 valence electrons. The van der Waals surface area contributed by atoms with E-state index in [9.17, 15) is 5.11 Å². The lowest BCUT2D eigenvalue weighted by atomic mass is 10.1. The summed E-state index contributed by atoms with van der Waals surface area (Å²) in [5, 5.41) is 18.3. The Morgan fingerprint density at radius 2 is 2.40 bits per heavy atom. The second kappa shape index (κ2) is 4.59. The van der Waals surface area contributed by atoms with Gasteiger partial charge >= 0.3 is 0 Å². The Hall–Kier alpha value is -1.13. The summed E-state index contributed by atoms with van der Waals surface area (Å²) < 4.78 is 1.83. The Morgan fingerprint density at radius 3 is 3.07 bits per heavy atom. The maximum absolute atomic E-state index is 10.0. The number of aryl methyl sites for hydroxylation is 1. The highest BCUT2D eigenvalue weighted by Gasteiger charge is 2.12. The van der Waals surface area contributed by atoms with Crippen LogP contribution in [-0.4, -0.2) is 14.9 Å². The van der Waals surface area contributed by atoms with Crippen molar-refractivity contribution in [2.75, 3.05) is 0 Å². The first-order valence-electron chi connectivity index (χ1n) is 5.02. The molecule has 0 aliphatic rings. The summed E-state index contributed by atoms with van der Waals surface area (Å²) in [6.45, 7) is 2.82. The van der Waals surface area contributed by atoms with E-state index in [0.29, 0.717) is 6.42 Å². The van der Waals surface area contributed by atoms with Gasteiger partial charge in [0.05, 0.1) is 11.8 Å². The monoisotopic (exact) mass is 222 g/mol. The molecule has 1 unspecified atom stereocenters. The Kier molecular flexibility index (Phi) is 3.18. The molecule has 0 saturated carbocycles. The zero-order valence-corrected chi connectivity index (χ0v) is 9.44. The van der Waals surface area contributed by atoms with Gasteiger partial charge in [-0.2, -0.15) is 16.4 Å². The van der Waals surface area contributed by atoms with Crippen molar-refractivity contribution in [3.8, 4) is 0 Å². The molecule has 2 heterocycles. The van der Waals surface area contributed by atoms with E-state index in [1.165, 1.54) is 5.56 Å². The van der Waals surface area contributed by atoms with Gasteiger partial charge in [-0.05, 0) is 35.4 Å². The number of rotatable bonds is 4. The number of aliphatic hydroxyl groups is 1. The summed E-state index contributed by atoms with van der Waals surface area (Å²) in [6, 6.07) is 3.92. The van der Waals surface area contributed by atoms with Gasteiger partial charge < -0.3 is 5.11 Å². The Morgan fingerprint density at radius 1 is 1.53 bits per heavy atom. The minimum Gasteiger partial charge on any atom is -0.386 e. The third-order valence-corrected chi connectivity index (χ3v) is 3.13. The quantitative estimate of drug-likeness (QED) is 0.861. The van der Waals surface area contributed by atoms with Crippen LogP contribution in [0.4, 0.5) is 0 Å². The molecule has 0 fully saturated rings. The zero-order valence-electron chi connectivity index (χ0n) is 8.63. The minimum atomic E-state index is -0.456. The summed E-state index contributed by atoms with van der Waals surface area (Å²) >= 11 is 1.66. The van der Waals surface area contributed by atoms with Crippen molar-refractivity contribution in [3.05, 3.63) is 40.3 Å². The van der Waals surface area contributed by atoms with E-state index in [-0.39, 0.29) is 0 Å². The topological polar surface area (TPSA) is 38.0 Å². The van der Waals surface area contributed by atoms with Gasteiger partial charge in [0, 0.05) is 19.2 Å². The predicted octanol–water partition coefficient (Wildman–Crippen LogP) is 2.24. The first-order valence-corrected chi connectivity index (χ1v) is 5.96. The SMILES string of the molecule is CCn1nccc1C(O)Cc1ccsc1. The molecule has 0 bridgehead atoms. The summed E-state index contributed by atoms with van der Waals surface area (Å²) in [5.74, 6) is 0. The van der Waals surface area contributed by atoms with E-state index < -0.39 is 6.10 Å². The average Bonchev–Trinajstić information content (AvgIpc) is 2.86. The van der Waals surface area contributed by atoms with Crippen LogP contribution in [0.5, 0.6) is 0 Å². The van der Waals surface area contributed by atoms with Crippen LogP contribution in [0.3, 0.4) is 0 Å². The van der Waals surface area contributed by atoms with Crippen molar-refractivity contribution in [1.29, 1.82) is 0 Å². The first kappa shape index (κ1) is 10.4. The lowest BCUT2D eigenvalue weighted by Gasteiger charge is -2.11. The van der Waals surface area contributed by atoms with Crippen molar-refractivity contribution in [2.24, 2.45) is 0 Å². The molecule has 15 heavy (non-hydrogen) atoms. The van der Waals surface area contributed by atoms with E-state index in [2.05, 4.69) is 10.5 Å². The third-order valence-electron chi connectivity index (χ3n) is 2.40. The highest BCUT2D eigenvalue weighted by molar-refractivity contribution is 7.07. The molecule has 4 heteroatoms. The molecule has 0 spiro atoms. The summed E-state index contributed by atoms with van der Waals surface area (Å²) in [5.41, 5.74) is 2.07. The zero-order chi connectivity index (χ0) is 10.7. The maximum atomic E-state index is 10.0. The number of hydrogen-bond acceptors (Lipinski definition) is 3. The minimum absolute atomic E-state index is 0.456. The van der Waals surface area contributed by atoms with Crippen LogP contribution < -0.4 is 0 Å². The van der Waals surface area contributed by atoms with Crippen molar-refractivity contribution in [1.82, 2.24) is 9.78 Å². The Labute approximate surface area is 93.0 Å². The average molecular weight is 222 g/mol. The molecule has 0 aliphatic carbocycles. The molecular weight excluding hydrogens is 208 g/mol. The Balaban J connectivity index is 2.11. The standard InChI is InChI=1S/C11H14N2OS/c1-2-13-10(3-5-12-13)11(14)7-9-4-6-15-8-9/h3-6,8,11,14H,2,7H2,1H3. The molecule has 1 atom stereocenters. The molecule has 0 aliphatic heterocycles. The number of thiophene rings is 1. The van der Waals surface area contributed by atoms with Crippen molar-refractivity contribution in [2.45, 2.75) is 26.0 Å². The molecule has 0 radical (unpaired) electrons. The van der Waals surface area contributed by atoms with Gasteiger partial charge in [0.1, 0.15) is 0 Å². The molecule has 2 rings (SSSR count). The number of nitrogens with zero attached hydrogens (tertiary/aromatic N) is 2. The van der Waals surface area contributed by atoms with Gasteiger partial charge in [-0.1, -0.05) is 0 Å². The molecular formula is C11H14N2OS. The van der Waals surface area contributed by atoms with Gasteiger partial charge in [-0.15, -0.1) is 0 Å². The summed E-state index contributed by atoms with van der Waals surface area (Å²) in [7, 11) is 0. The van der Waals surface area contributed by atoms with E-state index in [1.807, 2.05) is 29.1 Å². The van der Waals surface area contributed by atoms with Crippen LogP contribution >= 0.6 is 11.3 Å². The van der Waals surface area contributed by atoms with Crippen LogP contribution in [0, 0.1) is 0 Å². The summed E-state index contributed by atoms with van der Waals surface area (Å²) in [6.07, 6.45) is 1.94.